The molecule has 7 heteroatoms. The van der Waals surface area contributed by atoms with E-state index in [9.17, 15) is 10.1 Å². The van der Waals surface area contributed by atoms with Crippen molar-refractivity contribution >= 4 is 34.3 Å². The minimum atomic E-state index is -0.511. The van der Waals surface area contributed by atoms with Gasteiger partial charge in [-0.25, -0.2) is 4.79 Å². The highest BCUT2D eigenvalue weighted by Crippen LogP contribution is 2.35. The van der Waals surface area contributed by atoms with E-state index in [2.05, 4.69) is 11.4 Å². The van der Waals surface area contributed by atoms with Gasteiger partial charge in [0.2, 0.25) is 0 Å². The van der Waals surface area contributed by atoms with Crippen LogP contribution in [-0.4, -0.2) is 29.8 Å². The first-order valence-electron chi connectivity index (χ1n) is 9.84. The van der Waals surface area contributed by atoms with Gasteiger partial charge in [-0.3, -0.25) is 5.32 Å². The monoisotopic (exact) mass is 425 g/mol. The summed E-state index contributed by atoms with van der Waals surface area (Å²) in [4.78, 5) is 11.7. The summed E-state index contributed by atoms with van der Waals surface area (Å²) in [5, 5.41) is 13.4. The van der Waals surface area contributed by atoms with Gasteiger partial charge in [-0.05, 0) is 44.0 Å². The van der Waals surface area contributed by atoms with Gasteiger partial charge in [-0.15, -0.1) is 11.6 Å². The Hall–Kier alpha value is -3.17. The van der Waals surface area contributed by atoms with Crippen molar-refractivity contribution in [2.45, 2.75) is 19.8 Å². The van der Waals surface area contributed by atoms with Gasteiger partial charge in [0.25, 0.3) is 0 Å². The molecule has 3 aromatic rings. The van der Waals surface area contributed by atoms with Crippen LogP contribution in [0.25, 0.3) is 22.2 Å². The second kappa shape index (κ2) is 10.0. The summed E-state index contributed by atoms with van der Waals surface area (Å²) in [5.41, 5.74) is 3.68. The summed E-state index contributed by atoms with van der Waals surface area (Å²) >= 11 is 5.71. The van der Waals surface area contributed by atoms with Crippen molar-refractivity contribution in [3.8, 4) is 23.1 Å². The van der Waals surface area contributed by atoms with Crippen LogP contribution in [0, 0.1) is 11.3 Å². The standard InChI is InChI=1S/C23H24ClN3O3/c1-3-29-23(28)26-17-8-6-7-16(13-17)22-20(15-25)19-10-9-18(14-21(19)27(22)2)30-12-5-4-11-24/h6-10,13-14H,3-5,11-12H2,1-2H3,(H,26,28). The third-order valence-electron chi connectivity index (χ3n) is 4.74. The van der Waals surface area contributed by atoms with Gasteiger partial charge in [-0.2, -0.15) is 5.26 Å². The van der Waals surface area contributed by atoms with E-state index in [1.165, 1.54) is 0 Å². The Morgan fingerprint density at radius 1 is 1.23 bits per heavy atom. The zero-order chi connectivity index (χ0) is 21.5. The van der Waals surface area contributed by atoms with Gasteiger partial charge in [-0.1, -0.05) is 12.1 Å². The number of aryl methyl sites for hydroxylation is 1. The van der Waals surface area contributed by atoms with E-state index in [0.717, 1.165) is 40.8 Å². The molecule has 0 aliphatic rings. The van der Waals surface area contributed by atoms with Crippen LogP contribution in [0.2, 0.25) is 0 Å². The number of aromatic nitrogens is 1. The fourth-order valence-corrected chi connectivity index (χ4v) is 3.56. The third-order valence-corrected chi connectivity index (χ3v) is 5.01. The van der Waals surface area contributed by atoms with Gasteiger partial charge >= 0.3 is 6.09 Å². The van der Waals surface area contributed by atoms with Gasteiger partial charge in [0.05, 0.1) is 30.0 Å². The summed E-state index contributed by atoms with van der Waals surface area (Å²) in [7, 11) is 1.92. The van der Waals surface area contributed by atoms with Crippen LogP contribution < -0.4 is 10.1 Å². The predicted octanol–water partition coefficient (Wildman–Crippen LogP) is 5.68. The lowest BCUT2D eigenvalue weighted by molar-refractivity contribution is 0.168. The van der Waals surface area contributed by atoms with E-state index >= 15 is 0 Å². The Bertz CT molecular complexity index is 1090. The van der Waals surface area contributed by atoms with Crippen molar-refractivity contribution in [3.05, 3.63) is 48.0 Å². The average molecular weight is 426 g/mol. The maximum atomic E-state index is 11.7. The molecule has 1 aromatic heterocycles. The lowest BCUT2D eigenvalue weighted by Crippen LogP contribution is -2.13. The lowest BCUT2D eigenvalue weighted by Gasteiger charge is -2.09. The van der Waals surface area contributed by atoms with E-state index in [1.807, 2.05) is 48.0 Å². The van der Waals surface area contributed by atoms with Gasteiger partial charge in [0, 0.05) is 35.6 Å². The van der Waals surface area contributed by atoms with Crippen LogP contribution in [0.15, 0.2) is 42.5 Å². The lowest BCUT2D eigenvalue weighted by atomic mass is 10.1. The Balaban J connectivity index is 1.97. The van der Waals surface area contributed by atoms with Crippen LogP contribution in [0.3, 0.4) is 0 Å². The third kappa shape index (κ3) is 4.69. The second-order valence-corrected chi connectivity index (χ2v) is 7.12. The first kappa shape index (κ1) is 21.5. The molecule has 2 aromatic carbocycles. The van der Waals surface area contributed by atoms with Crippen LogP contribution in [0.1, 0.15) is 25.3 Å². The highest BCUT2D eigenvalue weighted by Gasteiger charge is 2.18. The first-order chi connectivity index (χ1) is 14.6. The molecule has 3 rings (SSSR count). The predicted molar refractivity (Wildman–Crippen MR) is 119 cm³/mol. The number of alkyl halides is 1. The van der Waals surface area contributed by atoms with Crippen molar-refractivity contribution in [3.63, 3.8) is 0 Å². The number of rotatable bonds is 8. The molecule has 156 valence electrons. The normalized spacial score (nSPS) is 10.6. The number of carbonyl (C=O) groups is 1. The molecule has 0 atom stereocenters. The second-order valence-electron chi connectivity index (χ2n) is 6.74. The quantitative estimate of drug-likeness (QED) is 0.372. The number of nitrogens with one attached hydrogen (secondary N) is 1. The van der Waals surface area contributed by atoms with Gasteiger partial charge < -0.3 is 14.0 Å². The number of carbonyl (C=O) groups excluding carboxylic acids is 1. The number of nitriles is 1. The summed E-state index contributed by atoms with van der Waals surface area (Å²) in [6.45, 7) is 2.65. The number of hydrogen-bond acceptors (Lipinski definition) is 4. The SMILES string of the molecule is CCOC(=O)Nc1cccc(-c2c(C#N)c3ccc(OCCCCCl)cc3n2C)c1. The molecule has 0 radical (unpaired) electrons. The summed E-state index contributed by atoms with van der Waals surface area (Å²) in [6, 6.07) is 15.4. The van der Waals surface area contributed by atoms with E-state index in [0.29, 0.717) is 30.3 Å². The van der Waals surface area contributed by atoms with Crippen LogP contribution >= 0.6 is 11.6 Å². The molecule has 1 amide bonds. The number of amides is 1. The fourth-order valence-electron chi connectivity index (χ4n) is 3.37. The summed E-state index contributed by atoms with van der Waals surface area (Å²) < 4.78 is 12.7. The molecule has 0 fully saturated rings. The van der Waals surface area contributed by atoms with Gasteiger partial charge in [0.15, 0.2) is 0 Å². The van der Waals surface area contributed by atoms with Crippen LogP contribution in [0.4, 0.5) is 10.5 Å². The zero-order valence-corrected chi connectivity index (χ0v) is 17.8. The Labute approximate surface area is 181 Å². The molecule has 0 saturated heterocycles. The Kier molecular flexibility index (Phi) is 7.21. The maximum absolute atomic E-state index is 11.7. The van der Waals surface area contributed by atoms with E-state index < -0.39 is 6.09 Å². The van der Waals surface area contributed by atoms with Crippen molar-refractivity contribution < 1.29 is 14.3 Å². The molecular formula is C23H24ClN3O3. The molecule has 0 spiro atoms. The number of hydrogen-bond donors (Lipinski definition) is 1. The molecular weight excluding hydrogens is 402 g/mol. The summed E-state index contributed by atoms with van der Waals surface area (Å²) in [5.74, 6) is 1.38. The molecule has 0 saturated carbocycles. The minimum Gasteiger partial charge on any atom is -0.494 e. The van der Waals surface area contributed by atoms with E-state index in [-0.39, 0.29) is 0 Å². The van der Waals surface area contributed by atoms with Crippen molar-refractivity contribution in [2.24, 2.45) is 7.05 Å². The van der Waals surface area contributed by atoms with Gasteiger partial charge in [0.1, 0.15) is 11.8 Å². The van der Waals surface area contributed by atoms with Crippen molar-refractivity contribution in [2.75, 3.05) is 24.4 Å². The number of anilines is 1. The molecule has 0 aliphatic heterocycles. The maximum Gasteiger partial charge on any atom is 0.411 e. The smallest absolute Gasteiger partial charge is 0.411 e. The first-order valence-corrected chi connectivity index (χ1v) is 10.4. The molecule has 0 bridgehead atoms. The molecule has 1 N–H and O–H groups in total. The number of fused-ring (bicyclic) bond motifs is 1. The average Bonchev–Trinajstić information content (AvgIpc) is 3.03. The van der Waals surface area contributed by atoms with Crippen LogP contribution in [-0.2, 0) is 11.8 Å². The number of nitrogens with zero attached hydrogens (tertiary/aromatic N) is 2. The number of ether oxygens (including phenoxy) is 2. The number of halogens is 1. The summed E-state index contributed by atoms with van der Waals surface area (Å²) in [6.07, 6.45) is 1.29. The zero-order valence-electron chi connectivity index (χ0n) is 17.1. The number of unbranched alkanes of at least 4 members (excludes halogenated alkanes) is 1. The molecule has 1 heterocycles. The van der Waals surface area contributed by atoms with E-state index in [4.69, 9.17) is 21.1 Å². The highest BCUT2D eigenvalue weighted by atomic mass is 35.5. The largest absolute Gasteiger partial charge is 0.494 e. The van der Waals surface area contributed by atoms with Crippen molar-refractivity contribution in [1.82, 2.24) is 4.57 Å². The minimum absolute atomic E-state index is 0.295. The number of benzene rings is 2. The Morgan fingerprint density at radius 2 is 2.07 bits per heavy atom. The molecule has 30 heavy (non-hydrogen) atoms. The molecule has 0 unspecified atom stereocenters. The fraction of sp³-hybridized carbons (Fsp3) is 0.304. The molecule has 6 nitrogen and oxygen atoms in total. The topological polar surface area (TPSA) is 76.3 Å². The van der Waals surface area contributed by atoms with Crippen molar-refractivity contribution in [1.29, 1.82) is 5.26 Å². The van der Waals surface area contributed by atoms with Crippen LogP contribution in [0.5, 0.6) is 5.75 Å². The molecule has 0 aliphatic carbocycles. The Morgan fingerprint density at radius 3 is 2.80 bits per heavy atom. The van der Waals surface area contributed by atoms with E-state index in [1.54, 1.807) is 13.0 Å². The highest BCUT2D eigenvalue weighted by molar-refractivity contribution is 6.17.